The smallest absolute Gasteiger partial charge is 0.430 e. The number of ether oxygens (including phenoxy) is 3. The van der Waals surface area contributed by atoms with Gasteiger partial charge in [-0.15, -0.1) is 0 Å². The van der Waals surface area contributed by atoms with Crippen LogP contribution in [-0.4, -0.2) is 18.7 Å². The number of hydrogen-bond acceptors (Lipinski definition) is 7. The molecule has 0 aliphatic heterocycles. The average Bonchev–Trinajstić information content (AvgIpc) is 2.53. The van der Waals surface area contributed by atoms with Crippen LogP contribution in [0.25, 0.3) is 11.0 Å². The molecule has 0 saturated carbocycles. The van der Waals surface area contributed by atoms with E-state index in [1.807, 2.05) is 0 Å². The van der Waals surface area contributed by atoms with E-state index in [1.165, 1.54) is 37.3 Å². The van der Waals surface area contributed by atoms with Crippen LogP contribution < -0.4 is 15.1 Å². The monoisotopic (exact) mass is 330 g/mol. The molecule has 0 bridgehead atoms. The van der Waals surface area contributed by atoms with Crippen molar-refractivity contribution >= 4 is 23.1 Å². The average molecular weight is 330 g/mol. The lowest BCUT2D eigenvalue weighted by Gasteiger charge is -2.11. The third-order valence-corrected chi connectivity index (χ3v) is 2.75. The fraction of sp³-hybridized carbons (Fsp3) is 0.118. The highest BCUT2D eigenvalue weighted by atomic mass is 16.7. The molecule has 24 heavy (non-hydrogen) atoms. The summed E-state index contributed by atoms with van der Waals surface area (Å²) in [5.74, 6) is -0.878. The molecule has 1 aromatic heterocycles. The van der Waals surface area contributed by atoms with Crippen molar-refractivity contribution < 1.29 is 28.2 Å². The van der Waals surface area contributed by atoms with Crippen molar-refractivity contribution in [3.8, 4) is 11.5 Å². The second-order valence-electron chi connectivity index (χ2n) is 4.71. The number of benzene rings is 1. The van der Waals surface area contributed by atoms with Crippen molar-refractivity contribution in [1.82, 2.24) is 0 Å². The van der Waals surface area contributed by atoms with Gasteiger partial charge in [0.1, 0.15) is 12.2 Å². The lowest BCUT2D eigenvalue weighted by Crippen LogP contribution is -2.13. The largest absolute Gasteiger partial charge is 0.514 e. The summed E-state index contributed by atoms with van der Waals surface area (Å²) >= 11 is 0. The molecule has 0 N–H and O–H groups in total. The van der Waals surface area contributed by atoms with Gasteiger partial charge in [0, 0.05) is 23.1 Å². The Morgan fingerprint density at radius 2 is 1.92 bits per heavy atom. The molecule has 7 nitrogen and oxygen atoms in total. The molecule has 0 radical (unpaired) electrons. The molecule has 0 fully saturated rings. The van der Waals surface area contributed by atoms with Crippen LogP contribution in [-0.2, 0) is 9.53 Å². The molecule has 7 heteroatoms. The molecule has 0 atom stereocenters. The summed E-state index contributed by atoms with van der Waals surface area (Å²) in [5.41, 5.74) is -0.256. The summed E-state index contributed by atoms with van der Waals surface area (Å²) in [7, 11) is 0. The summed E-state index contributed by atoms with van der Waals surface area (Å²) in [6.07, 6.45) is 0.336. The minimum Gasteiger partial charge on any atom is -0.430 e. The SMILES string of the molecule is C=CCOC(=O)Oc1cc2oc(=O)ccc2cc1OC(=O)C(=C)C. The lowest BCUT2D eigenvalue weighted by molar-refractivity contribution is -0.130. The van der Waals surface area contributed by atoms with E-state index in [9.17, 15) is 14.4 Å². The fourth-order valence-corrected chi connectivity index (χ4v) is 1.67. The summed E-state index contributed by atoms with van der Waals surface area (Å²) in [5, 5.41) is 0.478. The molecule has 0 amide bonds. The molecule has 0 aliphatic carbocycles. The Balaban J connectivity index is 2.44. The Kier molecular flexibility index (Phi) is 5.16. The van der Waals surface area contributed by atoms with Gasteiger partial charge in [-0.3, -0.25) is 0 Å². The first-order chi connectivity index (χ1) is 11.4. The van der Waals surface area contributed by atoms with Gasteiger partial charge < -0.3 is 18.6 Å². The summed E-state index contributed by atoms with van der Waals surface area (Å²) < 4.78 is 19.9. The Bertz CT molecular complexity index is 876. The van der Waals surface area contributed by atoms with Crippen molar-refractivity contribution in [2.75, 3.05) is 6.61 Å². The van der Waals surface area contributed by atoms with Crippen LogP contribution in [0.1, 0.15) is 6.92 Å². The lowest BCUT2D eigenvalue weighted by atomic mass is 10.2. The number of rotatable bonds is 5. The molecule has 0 saturated heterocycles. The van der Waals surface area contributed by atoms with Crippen LogP contribution in [0.4, 0.5) is 4.79 Å². The second-order valence-corrected chi connectivity index (χ2v) is 4.71. The van der Waals surface area contributed by atoms with E-state index >= 15 is 0 Å². The molecular formula is C17H14O7. The van der Waals surface area contributed by atoms with Crippen LogP contribution in [0.2, 0.25) is 0 Å². The highest BCUT2D eigenvalue weighted by molar-refractivity contribution is 5.90. The minimum atomic E-state index is -1.03. The van der Waals surface area contributed by atoms with Crippen molar-refractivity contribution in [3.63, 3.8) is 0 Å². The number of esters is 1. The minimum absolute atomic E-state index is 0.0418. The van der Waals surface area contributed by atoms with Crippen LogP contribution in [0, 0.1) is 0 Å². The zero-order chi connectivity index (χ0) is 17.7. The molecule has 1 aromatic carbocycles. The molecule has 0 aliphatic rings. The van der Waals surface area contributed by atoms with E-state index in [4.69, 9.17) is 18.6 Å². The van der Waals surface area contributed by atoms with Gasteiger partial charge in [-0.1, -0.05) is 19.2 Å². The number of hydrogen-bond donors (Lipinski definition) is 0. The first-order valence-corrected chi connectivity index (χ1v) is 6.82. The van der Waals surface area contributed by atoms with Gasteiger partial charge in [-0.2, -0.15) is 0 Å². The van der Waals surface area contributed by atoms with Gasteiger partial charge in [0.05, 0.1) is 0 Å². The van der Waals surface area contributed by atoms with Crippen molar-refractivity contribution in [2.24, 2.45) is 0 Å². The Morgan fingerprint density at radius 1 is 1.21 bits per heavy atom. The fourth-order valence-electron chi connectivity index (χ4n) is 1.67. The van der Waals surface area contributed by atoms with Gasteiger partial charge in [0.2, 0.25) is 0 Å². The zero-order valence-corrected chi connectivity index (χ0v) is 12.9. The molecule has 124 valence electrons. The van der Waals surface area contributed by atoms with E-state index in [1.54, 1.807) is 0 Å². The third-order valence-electron chi connectivity index (χ3n) is 2.75. The Labute approximate surface area is 136 Å². The number of carbonyl (C=O) groups excluding carboxylic acids is 2. The van der Waals surface area contributed by atoms with E-state index < -0.39 is 17.8 Å². The van der Waals surface area contributed by atoms with Gasteiger partial charge >= 0.3 is 17.8 Å². The van der Waals surface area contributed by atoms with Crippen LogP contribution in [0.5, 0.6) is 11.5 Å². The Morgan fingerprint density at radius 3 is 2.58 bits per heavy atom. The predicted molar refractivity (Wildman–Crippen MR) is 85.1 cm³/mol. The van der Waals surface area contributed by atoms with E-state index in [0.717, 1.165) is 0 Å². The van der Waals surface area contributed by atoms with Gasteiger partial charge in [0.25, 0.3) is 0 Å². The normalized spacial score (nSPS) is 10.0. The molecule has 0 spiro atoms. The Hall–Kier alpha value is -3.35. The maximum Gasteiger partial charge on any atom is 0.514 e. The number of fused-ring (bicyclic) bond motifs is 1. The predicted octanol–water partition coefficient (Wildman–Crippen LogP) is 2.98. The van der Waals surface area contributed by atoms with Gasteiger partial charge in [0.15, 0.2) is 11.5 Å². The molecular weight excluding hydrogens is 316 g/mol. The van der Waals surface area contributed by atoms with Crippen LogP contribution in [0.15, 0.2) is 58.3 Å². The third kappa shape index (κ3) is 4.10. The van der Waals surface area contributed by atoms with Gasteiger partial charge in [-0.25, -0.2) is 14.4 Å². The molecule has 2 rings (SSSR count). The quantitative estimate of drug-likeness (QED) is 0.208. The zero-order valence-electron chi connectivity index (χ0n) is 12.9. The van der Waals surface area contributed by atoms with Crippen LogP contribution >= 0.6 is 0 Å². The van der Waals surface area contributed by atoms with E-state index in [-0.39, 0.29) is 29.3 Å². The summed E-state index contributed by atoms with van der Waals surface area (Å²) in [6, 6.07) is 5.35. The van der Waals surface area contributed by atoms with Crippen molar-refractivity contribution in [3.05, 3.63) is 59.5 Å². The van der Waals surface area contributed by atoms with E-state index in [0.29, 0.717) is 5.39 Å². The first-order valence-electron chi connectivity index (χ1n) is 6.82. The van der Waals surface area contributed by atoms with Crippen molar-refractivity contribution in [1.29, 1.82) is 0 Å². The molecule has 0 unspecified atom stereocenters. The molecule has 2 aromatic rings. The maximum atomic E-state index is 11.7. The summed E-state index contributed by atoms with van der Waals surface area (Å²) in [4.78, 5) is 34.6. The second kappa shape index (κ2) is 7.28. The van der Waals surface area contributed by atoms with Crippen molar-refractivity contribution in [2.45, 2.75) is 6.92 Å². The number of carbonyl (C=O) groups is 2. The van der Waals surface area contributed by atoms with Gasteiger partial charge in [-0.05, 0) is 19.1 Å². The first kappa shape index (κ1) is 17.0. The topological polar surface area (TPSA) is 92.0 Å². The maximum absolute atomic E-state index is 11.7. The standard InChI is InChI=1S/C17H14O7/c1-4-7-21-17(20)24-14-9-12-11(5-6-15(18)22-12)8-13(14)23-16(19)10(2)3/h4-6,8-9H,1-2,7H2,3H3. The highest BCUT2D eigenvalue weighted by Gasteiger charge is 2.17. The molecule has 1 heterocycles. The van der Waals surface area contributed by atoms with E-state index in [2.05, 4.69) is 13.2 Å². The van der Waals surface area contributed by atoms with Crippen LogP contribution in [0.3, 0.4) is 0 Å². The summed E-state index contributed by atoms with van der Waals surface area (Å²) in [6.45, 7) is 8.30. The highest BCUT2D eigenvalue weighted by Crippen LogP contribution is 2.33.